The average molecular weight is 440 g/mol. The molecule has 5 fully saturated rings. The molecule has 4 aliphatic heterocycles. The Morgan fingerprint density at radius 2 is 1.90 bits per heavy atom. The molecule has 9 atom stereocenters. The van der Waals surface area contributed by atoms with Gasteiger partial charge in [0, 0.05) is 30.7 Å². The minimum atomic E-state index is -0.860. The van der Waals surface area contributed by atoms with Gasteiger partial charge in [-0.3, -0.25) is 9.59 Å². The fourth-order valence-electron chi connectivity index (χ4n) is 5.86. The summed E-state index contributed by atoms with van der Waals surface area (Å²) in [6.45, 7) is 10.1. The van der Waals surface area contributed by atoms with Crippen molar-refractivity contribution >= 4 is 11.9 Å². The highest BCUT2D eigenvalue weighted by molar-refractivity contribution is 5.81. The van der Waals surface area contributed by atoms with Gasteiger partial charge in [0.05, 0.1) is 6.42 Å². The number of nitrogens with one attached hydrogen (secondary N) is 1. The van der Waals surface area contributed by atoms with Gasteiger partial charge in [-0.05, 0) is 51.4 Å². The summed E-state index contributed by atoms with van der Waals surface area (Å²) in [5.74, 6) is -0.666. The third-order valence-electron chi connectivity index (χ3n) is 7.92. The van der Waals surface area contributed by atoms with E-state index in [0.717, 1.165) is 32.1 Å². The fraction of sp³-hybridized carbons (Fsp3) is 0.913. The largest absolute Gasteiger partial charge is 0.435 e. The molecule has 0 aromatic carbocycles. The first kappa shape index (κ1) is 23.0. The molecular formula is C23H37NO7. The highest BCUT2D eigenvalue weighted by Crippen LogP contribution is 2.60. The number of amides is 1. The molecule has 1 N–H and O–H groups in total. The van der Waals surface area contributed by atoms with E-state index >= 15 is 0 Å². The van der Waals surface area contributed by atoms with Gasteiger partial charge in [0.25, 0.3) is 0 Å². The Morgan fingerprint density at radius 1 is 1.13 bits per heavy atom. The van der Waals surface area contributed by atoms with Crippen LogP contribution in [-0.4, -0.2) is 41.9 Å². The molecule has 0 aromatic heterocycles. The predicted octanol–water partition coefficient (Wildman–Crippen LogP) is 3.43. The normalized spacial score (nSPS) is 44.7. The van der Waals surface area contributed by atoms with Gasteiger partial charge < -0.3 is 19.5 Å². The lowest BCUT2D eigenvalue weighted by Gasteiger charge is -2.59. The standard InChI is InChI=1S/C23H37NO7/c1-6-14(3)24-18(25)9-10-19(26)27-20-15(4)17-8-7-13(2)16-11-12-22(5)29-21(28-20)23(16,17)31-30-22/h13-17,20-21H,6-12H2,1-5H3,(H,24,25)/t13-,14-,15+,16+,17-,20+,21+,22-,23+/m1/s1. The van der Waals surface area contributed by atoms with E-state index in [1.807, 2.05) is 27.7 Å². The summed E-state index contributed by atoms with van der Waals surface area (Å²) in [6, 6.07) is 0.0921. The third kappa shape index (κ3) is 4.12. The third-order valence-corrected chi connectivity index (χ3v) is 7.92. The van der Waals surface area contributed by atoms with Crippen molar-refractivity contribution in [2.24, 2.45) is 23.7 Å². The number of hydrogen-bond donors (Lipinski definition) is 1. The second-order valence-electron chi connectivity index (χ2n) is 10.1. The number of carbonyl (C=O) groups excluding carboxylic acids is 2. The molecule has 1 spiro atoms. The maximum absolute atomic E-state index is 12.5. The molecule has 1 amide bonds. The molecule has 8 nitrogen and oxygen atoms in total. The number of carbonyl (C=O) groups is 2. The molecule has 1 saturated carbocycles. The van der Waals surface area contributed by atoms with Crippen LogP contribution in [0.1, 0.15) is 79.6 Å². The van der Waals surface area contributed by atoms with Crippen LogP contribution in [0, 0.1) is 23.7 Å². The molecule has 0 radical (unpaired) electrons. The number of hydrogen-bond acceptors (Lipinski definition) is 7. The molecular weight excluding hydrogens is 402 g/mol. The summed E-state index contributed by atoms with van der Waals surface area (Å²) < 4.78 is 18.2. The van der Waals surface area contributed by atoms with E-state index in [2.05, 4.69) is 12.2 Å². The lowest BCUT2D eigenvalue weighted by molar-refractivity contribution is -0.576. The van der Waals surface area contributed by atoms with E-state index in [1.165, 1.54) is 0 Å². The van der Waals surface area contributed by atoms with E-state index in [0.29, 0.717) is 5.92 Å². The summed E-state index contributed by atoms with van der Waals surface area (Å²) in [5.41, 5.74) is -0.674. The SMILES string of the molecule is CC[C@@H](C)NC(=O)CCC(=O)O[C@H]1O[C@H]2O[C@@]3(C)CC[C@H]4[C@H](C)CC[C@H]([C@@H]1C)[C@]24OO3. The number of ether oxygens (including phenoxy) is 3. The minimum absolute atomic E-state index is 0.0210. The van der Waals surface area contributed by atoms with E-state index in [1.54, 1.807) is 0 Å². The van der Waals surface area contributed by atoms with Gasteiger partial charge >= 0.3 is 5.97 Å². The van der Waals surface area contributed by atoms with Gasteiger partial charge in [0.1, 0.15) is 0 Å². The van der Waals surface area contributed by atoms with Crippen molar-refractivity contribution in [3.05, 3.63) is 0 Å². The Kier molecular flexibility index (Phi) is 6.38. The van der Waals surface area contributed by atoms with E-state index in [-0.39, 0.29) is 42.5 Å². The summed E-state index contributed by atoms with van der Waals surface area (Å²) >= 11 is 0. The molecule has 176 valence electrons. The van der Waals surface area contributed by atoms with Crippen LogP contribution in [-0.2, 0) is 33.6 Å². The van der Waals surface area contributed by atoms with Crippen LogP contribution in [0.4, 0.5) is 0 Å². The second kappa shape index (κ2) is 8.61. The van der Waals surface area contributed by atoms with E-state index < -0.39 is 29.9 Å². The van der Waals surface area contributed by atoms with Crippen LogP contribution in [0.5, 0.6) is 0 Å². The zero-order valence-electron chi connectivity index (χ0n) is 19.3. The fourth-order valence-corrected chi connectivity index (χ4v) is 5.86. The molecule has 1 aliphatic carbocycles. The van der Waals surface area contributed by atoms with Crippen LogP contribution < -0.4 is 5.32 Å². The quantitative estimate of drug-likeness (QED) is 0.501. The molecule has 5 aliphatic rings. The van der Waals surface area contributed by atoms with Crippen molar-refractivity contribution in [1.29, 1.82) is 0 Å². The lowest BCUT2D eigenvalue weighted by Crippen LogP contribution is -2.70. The highest BCUT2D eigenvalue weighted by Gasteiger charge is 2.69. The summed E-state index contributed by atoms with van der Waals surface area (Å²) in [6.07, 6.45) is 3.31. The molecule has 8 heteroatoms. The summed E-state index contributed by atoms with van der Waals surface area (Å²) in [4.78, 5) is 36.4. The van der Waals surface area contributed by atoms with Crippen LogP contribution in [0.15, 0.2) is 0 Å². The van der Waals surface area contributed by atoms with E-state index in [9.17, 15) is 9.59 Å². The molecule has 4 saturated heterocycles. The van der Waals surface area contributed by atoms with Gasteiger partial charge in [-0.1, -0.05) is 20.8 Å². The monoisotopic (exact) mass is 439 g/mol. The minimum Gasteiger partial charge on any atom is -0.435 e. The van der Waals surface area contributed by atoms with Gasteiger partial charge in [-0.25, -0.2) is 9.78 Å². The maximum atomic E-state index is 12.5. The van der Waals surface area contributed by atoms with Gasteiger partial charge in [-0.15, -0.1) is 0 Å². The molecule has 2 bridgehead atoms. The Hall–Kier alpha value is -1.22. The first-order valence-corrected chi connectivity index (χ1v) is 11.9. The molecule has 4 heterocycles. The lowest BCUT2D eigenvalue weighted by atomic mass is 9.58. The Morgan fingerprint density at radius 3 is 2.65 bits per heavy atom. The highest BCUT2D eigenvalue weighted by atomic mass is 17.3. The molecule has 5 rings (SSSR count). The number of fused-ring (bicyclic) bond motifs is 2. The Labute approximate surface area is 184 Å². The molecule has 0 aromatic rings. The smallest absolute Gasteiger partial charge is 0.308 e. The van der Waals surface area contributed by atoms with Crippen molar-refractivity contribution in [2.45, 2.75) is 110 Å². The molecule has 31 heavy (non-hydrogen) atoms. The van der Waals surface area contributed by atoms with Gasteiger partial charge in [-0.2, -0.15) is 0 Å². The van der Waals surface area contributed by atoms with Crippen molar-refractivity contribution in [3.63, 3.8) is 0 Å². The first-order chi connectivity index (χ1) is 14.7. The average Bonchev–Trinajstić information content (AvgIpc) is 2.96. The summed E-state index contributed by atoms with van der Waals surface area (Å²) in [5, 5.41) is 2.87. The van der Waals surface area contributed by atoms with E-state index in [4.69, 9.17) is 24.0 Å². The zero-order valence-corrected chi connectivity index (χ0v) is 19.3. The summed E-state index contributed by atoms with van der Waals surface area (Å²) in [7, 11) is 0. The number of rotatable bonds is 6. The van der Waals surface area contributed by atoms with Crippen LogP contribution in [0.3, 0.4) is 0 Å². The topological polar surface area (TPSA) is 92.3 Å². The first-order valence-electron chi connectivity index (χ1n) is 11.9. The van der Waals surface area contributed by atoms with Gasteiger partial charge in [0.15, 0.2) is 11.9 Å². The number of esters is 1. The van der Waals surface area contributed by atoms with Crippen molar-refractivity contribution in [1.82, 2.24) is 5.32 Å². The van der Waals surface area contributed by atoms with Gasteiger partial charge in [0.2, 0.25) is 18.0 Å². The Bertz CT molecular complexity index is 701. The van der Waals surface area contributed by atoms with Crippen LogP contribution >= 0.6 is 0 Å². The van der Waals surface area contributed by atoms with Crippen molar-refractivity contribution < 1.29 is 33.6 Å². The predicted molar refractivity (Wildman–Crippen MR) is 110 cm³/mol. The Balaban J connectivity index is 1.44. The zero-order chi connectivity index (χ0) is 22.4. The second-order valence-corrected chi connectivity index (χ2v) is 10.1. The molecule has 0 unspecified atom stereocenters. The van der Waals surface area contributed by atoms with Crippen LogP contribution in [0.2, 0.25) is 0 Å². The maximum Gasteiger partial charge on any atom is 0.308 e. The van der Waals surface area contributed by atoms with Crippen molar-refractivity contribution in [3.8, 4) is 0 Å². The van der Waals surface area contributed by atoms with Crippen LogP contribution in [0.25, 0.3) is 0 Å². The van der Waals surface area contributed by atoms with Crippen molar-refractivity contribution in [2.75, 3.05) is 0 Å².